The van der Waals surface area contributed by atoms with Gasteiger partial charge in [0.1, 0.15) is 16.6 Å². The summed E-state index contributed by atoms with van der Waals surface area (Å²) < 4.78 is 4.15. The van der Waals surface area contributed by atoms with Gasteiger partial charge in [0.25, 0.3) is 0 Å². The van der Waals surface area contributed by atoms with E-state index in [4.69, 9.17) is 11.6 Å². The van der Waals surface area contributed by atoms with E-state index in [1.165, 1.54) is 18.0 Å². The van der Waals surface area contributed by atoms with Crippen LogP contribution in [0, 0.1) is 11.3 Å². The largest absolute Gasteiger partial charge is 0.388 e. The first-order valence-electron chi connectivity index (χ1n) is 8.25. The van der Waals surface area contributed by atoms with Gasteiger partial charge < -0.3 is 10.0 Å². The molecule has 4 nitrogen and oxygen atoms in total. The van der Waals surface area contributed by atoms with Crippen LogP contribution in [0.2, 0.25) is 5.15 Å². The number of nitriles is 1. The van der Waals surface area contributed by atoms with E-state index in [1.54, 1.807) is 0 Å². The molecule has 1 aromatic carbocycles. The van der Waals surface area contributed by atoms with Gasteiger partial charge in [-0.15, -0.1) is 0 Å². The highest BCUT2D eigenvalue weighted by molar-refractivity contribution is 7.10. The maximum Gasteiger partial charge on any atom is 0.162 e. The average molecular weight is 362 g/mol. The first kappa shape index (κ1) is 17.2. The number of halogens is 1. The number of aromatic nitrogens is 1. The Labute approximate surface area is 151 Å². The molecule has 1 N–H and O–H groups in total. The van der Waals surface area contributed by atoms with Crippen LogP contribution >= 0.6 is 23.1 Å². The van der Waals surface area contributed by atoms with Crippen LogP contribution in [-0.4, -0.2) is 22.1 Å². The molecule has 24 heavy (non-hydrogen) atoms. The standard InChI is InChI=1S/C18H20ClN3OS/c19-17-15(12-20)18(24-21-17)22-10-6-2-5-9-14(22)11-16(23)13-7-3-1-4-8-13/h1,3-4,7-8,14,16,23H,2,5-6,9-11H2. The third-order valence-electron chi connectivity index (χ3n) is 4.56. The first-order chi connectivity index (χ1) is 11.7. The second kappa shape index (κ2) is 7.98. The monoisotopic (exact) mass is 361 g/mol. The zero-order valence-electron chi connectivity index (χ0n) is 13.4. The lowest BCUT2D eigenvalue weighted by molar-refractivity contribution is 0.155. The highest BCUT2D eigenvalue weighted by atomic mass is 35.5. The predicted molar refractivity (Wildman–Crippen MR) is 97.5 cm³/mol. The highest BCUT2D eigenvalue weighted by Crippen LogP contribution is 2.37. The number of benzene rings is 1. The second-order valence-corrected chi connectivity index (χ2v) is 7.23. The molecule has 2 aromatic rings. The fourth-order valence-corrected chi connectivity index (χ4v) is 4.44. The molecule has 3 rings (SSSR count). The number of anilines is 1. The molecule has 0 bridgehead atoms. The smallest absolute Gasteiger partial charge is 0.162 e. The van der Waals surface area contributed by atoms with Gasteiger partial charge in [-0.25, -0.2) is 0 Å². The van der Waals surface area contributed by atoms with E-state index >= 15 is 0 Å². The van der Waals surface area contributed by atoms with E-state index in [9.17, 15) is 10.4 Å². The molecular weight excluding hydrogens is 342 g/mol. The maximum atomic E-state index is 10.6. The van der Waals surface area contributed by atoms with E-state index in [0.717, 1.165) is 36.4 Å². The zero-order chi connectivity index (χ0) is 16.9. The van der Waals surface area contributed by atoms with Crippen molar-refractivity contribution in [2.45, 2.75) is 44.2 Å². The molecular formula is C18H20ClN3OS. The van der Waals surface area contributed by atoms with E-state index in [0.29, 0.717) is 12.0 Å². The van der Waals surface area contributed by atoms with Crippen molar-refractivity contribution in [2.75, 3.05) is 11.4 Å². The number of rotatable bonds is 4. The van der Waals surface area contributed by atoms with Gasteiger partial charge in [0.2, 0.25) is 0 Å². The molecule has 1 saturated heterocycles. The SMILES string of the molecule is N#Cc1c(Cl)nsc1N1CCCCCC1CC(O)c1ccccc1. The van der Waals surface area contributed by atoms with Crippen LogP contribution in [0.5, 0.6) is 0 Å². The van der Waals surface area contributed by atoms with Crippen molar-refractivity contribution in [1.29, 1.82) is 5.26 Å². The summed E-state index contributed by atoms with van der Waals surface area (Å²) in [6.07, 6.45) is 4.53. The molecule has 1 aliphatic heterocycles. The number of hydrogen-bond donors (Lipinski definition) is 1. The molecule has 0 saturated carbocycles. The molecule has 126 valence electrons. The average Bonchev–Trinajstić information content (AvgIpc) is 2.83. The van der Waals surface area contributed by atoms with Gasteiger partial charge in [-0.05, 0) is 36.4 Å². The molecule has 1 aromatic heterocycles. The van der Waals surface area contributed by atoms with Crippen LogP contribution in [0.3, 0.4) is 0 Å². The molecule has 2 heterocycles. The Morgan fingerprint density at radius 3 is 2.88 bits per heavy atom. The molecule has 0 radical (unpaired) electrons. The molecule has 2 atom stereocenters. The molecule has 0 spiro atoms. The topological polar surface area (TPSA) is 60.2 Å². The summed E-state index contributed by atoms with van der Waals surface area (Å²) in [6.45, 7) is 0.874. The lowest BCUT2D eigenvalue weighted by Gasteiger charge is -2.32. The lowest BCUT2D eigenvalue weighted by atomic mass is 9.98. The van der Waals surface area contributed by atoms with Gasteiger partial charge in [-0.1, -0.05) is 54.8 Å². The molecule has 1 fully saturated rings. The third-order valence-corrected chi connectivity index (χ3v) is 5.82. The van der Waals surface area contributed by atoms with Crippen molar-refractivity contribution in [3.05, 3.63) is 46.6 Å². The van der Waals surface area contributed by atoms with Crippen molar-refractivity contribution in [3.8, 4) is 6.07 Å². The van der Waals surface area contributed by atoms with Crippen LogP contribution < -0.4 is 4.90 Å². The van der Waals surface area contributed by atoms with E-state index in [1.807, 2.05) is 30.3 Å². The number of nitrogens with zero attached hydrogens (tertiary/aromatic N) is 3. The van der Waals surface area contributed by atoms with Gasteiger partial charge in [-0.2, -0.15) is 9.64 Å². The predicted octanol–water partition coefficient (Wildman–Crippen LogP) is 4.54. The minimum atomic E-state index is -0.509. The van der Waals surface area contributed by atoms with Crippen LogP contribution in [0.1, 0.15) is 49.3 Å². The summed E-state index contributed by atoms with van der Waals surface area (Å²) >= 11 is 7.34. The third kappa shape index (κ3) is 3.72. The van der Waals surface area contributed by atoms with E-state index < -0.39 is 6.10 Å². The van der Waals surface area contributed by atoms with Crippen molar-refractivity contribution in [1.82, 2.24) is 4.37 Å². The number of hydrogen-bond acceptors (Lipinski definition) is 5. The Kier molecular flexibility index (Phi) is 5.72. The van der Waals surface area contributed by atoms with E-state index in [-0.39, 0.29) is 11.2 Å². The summed E-state index contributed by atoms with van der Waals surface area (Å²) in [6, 6.07) is 12.1. The fraction of sp³-hybridized carbons (Fsp3) is 0.444. The summed E-state index contributed by atoms with van der Waals surface area (Å²) in [5.41, 5.74) is 1.40. The Hall–Kier alpha value is -1.61. The molecule has 1 aliphatic rings. The van der Waals surface area contributed by atoms with Crippen molar-refractivity contribution >= 4 is 28.1 Å². The number of aliphatic hydroxyl groups is 1. The summed E-state index contributed by atoms with van der Waals surface area (Å²) in [7, 11) is 0. The minimum Gasteiger partial charge on any atom is -0.388 e. The van der Waals surface area contributed by atoms with Crippen LogP contribution in [0.25, 0.3) is 0 Å². The molecule has 6 heteroatoms. The van der Waals surface area contributed by atoms with Gasteiger partial charge >= 0.3 is 0 Å². The first-order valence-corrected chi connectivity index (χ1v) is 9.40. The highest BCUT2D eigenvalue weighted by Gasteiger charge is 2.28. The van der Waals surface area contributed by atoms with Crippen LogP contribution in [0.4, 0.5) is 5.00 Å². The Morgan fingerprint density at radius 2 is 2.12 bits per heavy atom. The second-order valence-electron chi connectivity index (χ2n) is 6.12. The number of aliphatic hydroxyl groups excluding tert-OH is 1. The normalized spacial score (nSPS) is 19.5. The van der Waals surface area contributed by atoms with Gasteiger partial charge in [0.05, 0.1) is 6.10 Å². The van der Waals surface area contributed by atoms with Gasteiger partial charge in [0, 0.05) is 12.6 Å². The lowest BCUT2D eigenvalue weighted by Crippen LogP contribution is -2.36. The van der Waals surface area contributed by atoms with Crippen LogP contribution in [0.15, 0.2) is 30.3 Å². The van der Waals surface area contributed by atoms with Gasteiger partial charge in [-0.3, -0.25) is 0 Å². The molecule has 2 unspecified atom stereocenters. The fourth-order valence-electron chi connectivity index (χ4n) is 3.31. The summed E-state index contributed by atoms with van der Waals surface area (Å²) in [4.78, 5) is 2.24. The zero-order valence-corrected chi connectivity index (χ0v) is 14.9. The van der Waals surface area contributed by atoms with Crippen molar-refractivity contribution in [3.63, 3.8) is 0 Å². The maximum absolute atomic E-state index is 10.6. The Bertz CT molecular complexity index is 713. The summed E-state index contributed by atoms with van der Waals surface area (Å²) in [5.74, 6) is 0. The van der Waals surface area contributed by atoms with Gasteiger partial charge in [0.15, 0.2) is 5.15 Å². The summed E-state index contributed by atoms with van der Waals surface area (Å²) in [5, 5.41) is 21.1. The molecule has 0 aliphatic carbocycles. The van der Waals surface area contributed by atoms with E-state index in [2.05, 4.69) is 15.3 Å². The van der Waals surface area contributed by atoms with Crippen molar-refractivity contribution < 1.29 is 5.11 Å². The Morgan fingerprint density at radius 1 is 1.33 bits per heavy atom. The Balaban J connectivity index is 1.84. The minimum absolute atomic E-state index is 0.186. The quantitative estimate of drug-likeness (QED) is 0.868. The van der Waals surface area contributed by atoms with Crippen molar-refractivity contribution in [2.24, 2.45) is 0 Å². The van der Waals surface area contributed by atoms with Crippen LogP contribution in [-0.2, 0) is 0 Å². The molecule has 0 amide bonds.